The number of carbonyl (C=O) groups is 2. The molecule has 0 atom stereocenters. The van der Waals surface area contributed by atoms with Crippen LogP contribution in [0.5, 0.6) is 11.5 Å². The molecule has 144 valence electrons. The summed E-state index contributed by atoms with van der Waals surface area (Å²) in [6, 6.07) is 17.8. The van der Waals surface area contributed by atoms with Crippen LogP contribution < -0.4 is 14.8 Å². The van der Waals surface area contributed by atoms with Crippen molar-refractivity contribution in [3.63, 3.8) is 0 Å². The average Bonchev–Trinajstić information content (AvgIpc) is 2.73. The maximum atomic E-state index is 12.5. The Morgan fingerprint density at radius 1 is 0.893 bits per heavy atom. The molecule has 0 bridgehead atoms. The van der Waals surface area contributed by atoms with Gasteiger partial charge in [0, 0.05) is 5.39 Å². The van der Waals surface area contributed by atoms with Crippen molar-refractivity contribution in [3.8, 4) is 11.5 Å². The van der Waals surface area contributed by atoms with Gasteiger partial charge in [0.1, 0.15) is 11.5 Å². The third-order valence-corrected chi connectivity index (χ3v) is 4.12. The predicted octanol–water partition coefficient (Wildman–Crippen LogP) is 4.04. The number of rotatable bonds is 7. The smallest absolute Gasteiger partial charge is 0.339 e. The maximum absolute atomic E-state index is 12.5. The van der Waals surface area contributed by atoms with Crippen LogP contribution in [0.2, 0.25) is 0 Å². The highest BCUT2D eigenvalue weighted by Crippen LogP contribution is 2.29. The van der Waals surface area contributed by atoms with Gasteiger partial charge < -0.3 is 19.5 Å². The van der Waals surface area contributed by atoms with Gasteiger partial charge in [0.2, 0.25) is 0 Å². The van der Waals surface area contributed by atoms with E-state index < -0.39 is 18.5 Å². The molecule has 0 aliphatic heterocycles. The zero-order chi connectivity index (χ0) is 19.9. The fourth-order valence-corrected chi connectivity index (χ4v) is 2.87. The molecule has 0 saturated heterocycles. The first-order valence-electron chi connectivity index (χ1n) is 8.88. The largest absolute Gasteiger partial charge is 0.496 e. The lowest BCUT2D eigenvalue weighted by Gasteiger charge is -2.12. The lowest BCUT2D eigenvalue weighted by molar-refractivity contribution is -0.119. The lowest BCUT2D eigenvalue weighted by atomic mass is 10.0. The van der Waals surface area contributed by atoms with Gasteiger partial charge in [-0.25, -0.2) is 4.79 Å². The van der Waals surface area contributed by atoms with Crippen LogP contribution in [0.1, 0.15) is 17.3 Å². The summed E-state index contributed by atoms with van der Waals surface area (Å²) in [7, 11) is 1.57. The second-order valence-corrected chi connectivity index (χ2v) is 5.91. The van der Waals surface area contributed by atoms with Crippen molar-refractivity contribution in [2.24, 2.45) is 0 Å². The van der Waals surface area contributed by atoms with Crippen LogP contribution in [0.4, 0.5) is 5.69 Å². The highest BCUT2D eigenvalue weighted by molar-refractivity contribution is 6.07. The van der Waals surface area contributed by atoms with Crippen LogP contribution in [0.3, 0.4) is 0 Å². The quantitative estimate of drug-likeness (QED) is 0.627. The molecule has 0 saturated carbocycles. The second kappa shape index (κ2) is 8.90. The summed E-state index contributed by atoms with van der Waals surface area (Å²) in [5.74, 6) is 0.202. The first-order valence-corrected chi connectivity index (χ1v) is 8.88. The van der Waals surface area contributed by atoms with Gasteiger partial charge in [-0.05, 0) is 36.6 Å². The molecule has 28 heavy (non-hydrogen) atoms. The standard InChI is InChI=1S/C22H21NO5/c1-3-27-20-11-7-6-10-18(20)23-21(24)14-28-22(25)17-12-13-19(26-2)16-9-5-4-8-15(16)17/h4-13H,3,14H2,1-2H3,(H,23,24). The number of nitrogens with one attached hydrogen (secondary N) is 1. The van der Waals surface area contributed by atoms with E-state index in [-0.39, 0.29) is 0 Å². The Labute approximate surface area is 163 Å². The van der Waals surface area contributed by atoms with Crippen molar-refractivity contribution in [1.29, 1.82) is 0 Å². The molecular weight excluding hydrogens is 358 g/mol. The van der Waals surface area contributed by atoms with Gasteiger partial charge in [-0.3, -0.25) is 4.79 Å². The molecular formula is C22H21NO5. The topological polar surface area (TPSA) is 73.9 Å². The molecule has 3 aromatic rings. The van der Waals surface area contributed by atoms with E-state index >= 15 is 0 Å². The van der Waals surface area contributed by atoms with E-state index in [0.29, 0.717) is 34.7 Å². The number of amides is 1. The second-order valence-electron chi connectivity index (χ2n) is 5.91. The molecule has 0 aliphatic rings. The predicted molar refractivity (Wildman–Crippen MR) is 107 cm³/mol. The van der Waals surface area contributed by atoms with Crippen molar-refractivity contribution >= 4 is 28.3 Å². The highest BCUT2D eigenvalue weighted by atomic mass is 16.5. The van der Waals surface area contributed by atoms with E-state index in [9.17, 15) is 9.59 Å². The number of carbonyl (C=O) groups excluding carboxylic acids is 2. The minimum Gasteiger partial charge on any atom is -0.496 e. The van der Waals surface area contributed by atoms with Crippen LogP contribution in [0, 0.1) is 0 Å². The van der Waals surface area contributed by atoms with Gasteiger partial charge in [0.05, 0.1) is 25.0 Å². The SMILES string of the molecule is CCOc1ccccc1NC(=O)COC(=O)c1ccc(OC)c2ccccc12. The number of anilines is 1. The molecule has 0 aliphatic carbocycles. The third kappa shape index (κ3) is 4.23. The number of para-hydroxylation sites is 2. The normalized spacial score (nSPS) is 10.4. The van der Waals surface area contributed by atoms with E-state index in [0.717, 1.165) is 5.39 Å². The summed E-state index contributed by atoms with van der Waals surface area (Å²) >= 11 is 0. The molecule has 1 amide bonds. The van der Waals surface area contributed by atoms with E-state index in [2.05, 4.69) is 5.32 Å². The Bertz CT molecular complexity index is 999. The van der Waals surface area contributed by atoms with Gasteiger partial charge >= 0.3 is 5.97 Å². The number of ether oxygens (including phenoxy) is 3. The first kappa shape index (κ1) is 19.2. The van der Waals surface area contributed by atoms with Gasteiger partial charge in [0.15, 0.2) is 6.61 Å². The Kier molecular flexibility index (Phi) is 6.11. The third-order valence-electron chi connectivity index (χ3n) is 4.12. The van der Waals surface area contributed by atoms with Crippen LogP contribution in [0.25, 0.3) is 10.8 Å². The van der Waals surface area contributed by atoms with Gasteiger partial charge in [-0.1, -0.05) is 36.4 Å². The zero-order valence-electron chi connectivity index (χ0n) is 15.7. The van der Waals surface area contributed by atoms with E-state index in [1.807, 2.05) is 37.3 Å². The number of benzene rings is 3. The summed E-state index contributed by atoms with van der Waals surface area (Å²) in [6.45, 7) is 1.94. The number of fused-ring (bicyclic) bond motifs is 1. The molecule has 0 radical (unpaired) electrons. The zero-order valence-corrected chi connectivity index (χ0v) is 15.7. The summed E-state index contributed by atoms with van der Waals surface area (Å²) in [5, 5.41) is 4.20. The lowest BCUT2D eigenvalue weighted by Crippen LogP contribution is -2.21. The molecule has 0 unspecified atom stereocenters. The minimum absolute atomic E-state index is 0.374. The van der Waals surface area contributed by atoms with Crippen molar-refractivity contribution in [3.05, 3.63) is 66.2 Å². The van der Waals surface area contributed by atoms with Crippen LogP contribution in [-0.2, 0) is 9.53 Å². The molecule has 0 heterocycles. The molecule has 3 aromatic carbocycles. The van der Waals surface area contributed by atoms with Crippen LogP contribution in [-0.4, -0.2) is 32.2 Å². The van der Waals surface area contributed by atoms with Gasteiger partial charge in [0.25, 0.3) is 5.91 Å². The Morgan fingerprint density at radius 2 is 1.61 bits per heavy atom. The molecule has 0 aromatic heterocycles. The molecule has 6 nitrogen and oxygen atoms in total. The molecule has 6 heteroatoms. The monoisotopic (exact) mass is 379 g/mol. The summed E-state index contributed by atoms with van der Waals surface area (Å²) < 4.78 is 16.0. The molecule has 1 N–H and O–H groups in total. The molecule has 3 rings (SSSR count). The highest BCUT2D eigenvalue weighted by Gasteiger charge is 2.16. The Balaban J connectivity index is 1.70. The Morgan fingerprint density at radius 3 is 2.36 bits per heavy atom. The maximum Gasteiger partial charge on any atom is 0.339 e. The first-order chi connectivity index (χ1) is 13.6. The van der Waals surface area contributed by atoms with E-state index in [1.54, 1.807) is 37.4 Å². The Hall–Kier alpha value is -3.54. The van der Waals surface area contributed by atoms with Crippen LogP contribution in [0.15, 0.2) is 60.7 Å². The van der Waals surface area contributed by atoms with Crippen molar-refractivity contribution in [2.45, 2.75) is 6.92 Å². The number of hydrogen-bond donors (Lipinski definition) is 1. The van der Waals surface area contributed by atoms with E-state index in [1.165, 1.54) is 0 Å². The van der Waals surface area contributed by atoms with Crippen molar-refractivity contribution in [1.82, 2.24) is 0 Å². The van der Waals surface area contributed by atoms with Gasteiger partial charge in [-0.2, -0.15) is 0 Å². The van der Waals surface area contributed by atoms with Gasteiger partial charge in [-0.15, -0.1) is 0 Å². The average molecular weight is 379 g/mol. The number of hydrogen-bond acceptors (Lipinski definition) is 5. The van der Waals surface area contributed by atoms with Crippen molar-refractivity contribution in [2.75, 3.05) is 25.6 Å². The number of methoxy groups -OCH3 is 1. The minimum atomic E-state index is -0.577. The summed E-state index contributed by atoms with van der Waals surface area (Å²) in [6.07, 6.45) is 0. The van der Waals surface area contributed by atoms with Crippen molar-refractivity contribution < 1.29 is 23.8 Å². The summed E-state index contributed by atoms with van der Waals surface area (Å²) in [4.78, 5) is 24.7. The fraction of sp³-hybridized carbons (Fsp3) is 0.182. The molecule has 0 fully saturated rings. The van der Waals surface area contributed by atoms with E-state index in [4.69, 9.17) is 14.2 Å². The summed E-state index contributed by atoms with van der Waals surface area (Å²) in [5.41, 5.74) is 0.902. The van der Waals surface area contributed by atoms with Crippen LogP contribution >= 0.6 is 0 Å². The molecule has 0 spiro atoms. The number of esters is 1. The fourth-order valence-electron chi connectivity index (χ4n) is 2.87.